The predicted octanol–water partition coefficient (Wildman–Crippen LogP) is 6.00. The van der Waals surface area contributed by atoms with Crippen molar-refractivity contribution in [1.82, 2.24) is 0 Å². The predicted molar refractivity (Wildman–Crippen MR) is 120 cm³/mol. The Bertz CT molecular complexity index is 575. The highest BCUT2D eigenvalue weighted by molar-refractivity contribution is 5.66. The van der Waals surface area contributed by atoms with Crippen molar-refractivity contribution in [3.8, 4) is 0 Å². The fraction of sp³-hybridized carbons (Fsp3) is 0.962. The Hall–Kier alpha value is -0.610. The molecule has 1 unspecified atom stereocenters. The number of hydrogen-bond acceptors (Lipinski definition) is 3. The fourth-order valence-corrected chi connectivity index (χ4v) is 8.37. The third-order valence-electron chi connectivity index (χ3n) is 10.0. The molecule has 0 aromatic carbocycles. The van der Waals surface area contributed by atoms with Crippen molar-refractivity contribution in [2.45, 2.75) is 117 Å². The molecule has 174 valence electrons. The Balaban J connectivity index is 0.000000318. The van der Waals surface area contributed by atoms with Crippen LogP contribution in [0.5, 0.6) is 0 Å². The minimum Gasteiger partial charge on any atom is -0.481 e. The van der Waals surface area contributed by atoms with Crippen LogP contribution in [0.4, 0.5) is 0 Å². The van der Waals surface area contributed by atoms with Crippen molar-refractivity contribution in [2.75, 3.05) is 0 Å². The van der Waals surface area contributed by atoms with Gasteiger partial charge in [-0.25, -0.2) is 0 Å². The van der Waals surface area contributed by atoms with Crippen LogP contribution in [-0.2, 0) is 4.79 Å². The first-order valence-electron chi connectivity index (χ1n) is 12.8. The summed E-state index contributed by atoms with van der Waals surface area (Å²) in [5.74, 6) is 3.57. The van der Waals surface area contributed by atoms with E-state index in [2.05, 4.69) is 13.8 Å². The number of aliphatic carboxylic acids is 1. The molecule has 4 nitrogen and oxygen atoms in total. The van der Waals surface area contributed by atoms with E-state index in [9.17, 15) is 15.0 Å². The van der Waals surface area contributed by atoms with Gasteiger partial charge in [0.25, 0.3) is 0 Å². The molecule has 4 saturated carbocycles. The molecule has 0 spiro atoms. The van der Waals surface area contributed by atoms with Gasteiger partial charge < -0.3 is 15.3 Å². The number of unbranched alkanes of at least 4 members (excludes halogenated alkanes) is 1. The van der Waals surface area contributed by atoms with Gasteiger partial charge in [0, 0.05) is 12.8 Å². The molecule has 7 atom stereocenters. The highest BCUT2D eigenvalue weighted by Gasteiger charge is 2.59. The minimum atomic E-state index is -1.11. The average Bonchev–Trinajstić information content (AvgIpc) is 3.02. The van der Waals surface area contributed by atoms with E-state index in [1.807, 2.05) is 6.92 Å². The van der Waals surface area contributed by atoms with Crippen molar-refractivity contribution in [2.24, 2.45) is 40.4 Å². The number of hydrogen-bond donors (Lipinski definition) is 3. The third kappa shape index (κ3) is 4.75. The Labute approximate surface area is 183 Å². The molecular formula is C26H46O4. The summed E-state index contributed by atoms with van der Waals surface area (Å²) < 4.78 is 0. The topological polar surface area (TPSA) is 77.8 Å². The molecular weight excluding hydrogens is 376 g/mol. The van der Waals surface area contributed by atoms with E-state index in [0.717, 1.165) is 36.5 Å². The number of fused-ring (bicyclic) bond motifs is 5. The van der Waals surface area contributed by atoms with Gasteiger partial charge in [-0.3, -0.25) is 4.79 Å². The van der Waals surface area contributed by atoms with Gasteiger partial charge in [-0.2, -0.15) is 0 Å². The zero-order valence-electron chi connectivity index (χ0n) is 19.6. The van der Waals surface area contributed by atoms with Gasteiger partial charge in [0.15, 0.2) is 6.29 Å². The summed E-state index contributed by atoms with van der Waals surface area (Å²) in [4.78, 5) is 9.76. The first kappa shape index (κ1) is 24.0. The maximum atomic E-state index is 9.76. The second-order valence-corrected chi connectivity index (χ2v) is 11.4. The van der Waals surface area contributed by atoms with Crippen LogP contribution in [0.15, 0.2) is 0 Å². The summed E-state index contributed by atoms with van der Waals surface area (Å²) in [6.45, 7) is 7.10. The summed E-state index contributed by atoms with van der Waals surface area (Å²) in [5, 5.41) is 27.0. The molecule has 0 aromatic rings. The lowest BCUT2D eigenvalue weighted by atomic mass is 9.45. The molecule has 30 heavy (non-hydrogen) atoms. The van der Waals surface area contributed by atoms with Crippen molar-refractivity contribution in [3.63, 3.8) is 0 Å². The first-order chi connectivity index (χ1) is 14.2. The number of carboxylic acid groups (broad SMARTS) is 1. The van der Waals surface area contributed by atoms with E-state index in [-0.39, 0.29) is 0 Å². The lowest BCUT2D eigenvalue weighted by molar-refractivity contribution is -0.137. The van der Waals surface area contributed by atoms with E-state index in [1.165, 1.54) is 64.2 Å². The van der Waals surface area contributed by atoms with Crippen LogP contribution in [0.1, 0.15) is 111 Å². The SMILES string of the molecule is CCCCC(=O)O.C[C@]12CC[C@H]3[C@@H](CCC4CCCC[C@@]43C)[C@@H]1CC[C@@H]2CC(O)O. The van der Waals surface area contributed by atoms with Crippen LogP contribution in [0.2, 0.25) is 0 Å². The largest absolute Gasteiger partial charge is 0.481 e. The van der Waals surface area contributed by atoms with Crippen LogP contribution in [0.3, 0.4) is 0 Å². The lowest BCUT2D eigenvalue weighted by Crippen LogP contribution is -2.52. The molecule has 4 aliphatic rings. The van der Waals surface area contributed by atoms with Gasteiger partial charge in [0.05, 0.1) is 0 Å². The highest BCUT2D eigenvalue weighted by Crippen LogP contribution is 2.67. The number of aliphatic hydroxyl groups is 2. The van der Waals surface area contributed by atoms with E-state index >= 15 is 0 Å². The molecule has 4 aliphatic carbocycles. The summed E-state index contributed by atoms with van der Waals surface area (Å²) in [6, 6.07) is 0. The molecule has 0 heterocycles. The van der Waals surface area contributed by atoms with Gasteiger partial charge in [-0.15, -0.1) is 0 Å². The van der Waals surface area contributed by atoms with Gasteiger partial charge in [0.1, 0.15) is 0 Å². The Morgan fingerprint density at radius 1 is 0.933 bits per heavy atom. The molecule has 0 amide bonds. The molecule has 0 aliphatic heterocycles. The van der Waals surface area contributed by atoms with Crippen LogP contribution < -0.4 is 0 Å². The van der Waals surface area contributed by atoms with Gasteiger partial charge >= 0.3 is 5.97 Å². The molecule has 0 radical (unpaired) electrons. The average molecular weight is 423 g/mol. The molecule has 4 rings (SSSR count). The standard InChI is InChI=1S/C21H36O2.C5H10O2/c1-20-11-4-3-5-14(20)6-8-16-17-9-7-15(13-19(22)23)21(17,2)12-10-18(16)20;1-2-3-4-5(6)7/h14-19,22-23H,3-13H2,1-2H3;2-4H2,1H3,(H,6,7)/t14?,15-,16+,17+,18+,20+,21-;/m1./s1. The van der Waals surface area contributed by atoms with Crippen LogP contribution in [-0.4, -0.2) is 27.6 Å². The van der Waals surface area contributed by atoms with E-state index in [0.29, 0.717) is 29.6 Å². The van der Waals surface area contributed by atoms with Crippen LogP contribution in [0, 0.1) is 40.4 Å². The second-order valence-electron chi connectivity index (χ2n) is 11.4. The van der Waals surface area contributed by atoms with Crippen molar-refractivity contribution < 1.29 is 20.1 Å². The van der Waals surface area contributed by atoms with E-state index in [1.54, 1.807) is 0 Å². The zero-order valence-corrected chi connectivity index (χ0v) is 19.6. The van der Waals surface area contributed by atoms with Crippen molar-refractivity contribution in [1.29, 1.82) is 0 Å². The summed E-state index contributed by atoms with van der Waals surface area (Å²) in [7, 11) is 0. The third-order valence-corrected chi connectivity index (χ3v) is 10.0. The number of aliphatic hydroxyl groups excluding tert-OH is 1. The first-order valence-corrected chi connectivity index (χ1v) is 12.8. The van der Waals surface area contributed by atoms with Gasteiger partial charge in [-0.1, -0.05) is 40.0 Å². The van der Waals surface area contributed by atoms with Crippen molar-refractivity contribution in [3.05, 3.63) is 0 Å². The Morgan fingerprint density at radius 3 is 2.30 bits per heavy atom. The van der Waals surface area contributed by atoms with E-state index < -0.39 is 12.3 Å². The second kappa shape index (κ2) is 9.90. The zero-order chi connectivity index (χ0) is 21.9. The van der Waals surface area contributed by atoms with Gasteiger partial charge in [-0.05, 0) is 98.2 Å². The maximum absolute atomic E-state index is 9.76. The molecule has 0 aromatic heterocycles. The Morgan fingerprint density at radius 2 is 1.67 bits per heavy atom. The summed E-state index contributed by atoms with van der Waals surface area (Å²) in [6.07, 6.45) is 15.7. The molecule has 0 bridgehead atoms. The molecule has 4 fully saturated rings. The summed E-state index contributed by atoms with van der Waals surface area (Å²) in [5.41, 5.74) is 1.000. The molecule has 0 saturated heterocycles. The minimum absolute atomic E-state index is 0.316. The number of carbonyl (C=O) groups is 1. The molecule has 3 N–H and O–H groups in total. The normalized spacial score (nSPS) is 42.5. The number of rotatable bonds is 5. The maximum Gasteiger partial charge on any atom is 0.303 e. The van der Waals surface area contributed by atoms with Crippen LogP contribution >= 0.6 is 0 Å². The Kier molecular flexibility index (Phi) is 7.93. The smallest absolute Gasteiger partial charge is 0.303 e. The quantitative estimate of drug-likeness (QED) is 0.475. The summed E-state index contributed by atoms with van der Waals surface area (Å²) >= 11 is 0. The van der Waals surface area contributed by atoms with Crippen LogP contribution in [0.25, 0.3) is 0 Å². The highest BCUT2D eigenvalue weighted by atomic mass is 16.5. The van der Waals surface area contributed by atoms with E-state index in [4.69, 9.17) is 5.11 Å². The lowest BCUT2D eigenvalue weighted by Gasteiger charge is -2.60. The fourth-order valence-electron chi connectivity index (χ4n) is 8.37. The van der Waals surface area contributed by atoms with Crippen molar-refractivity contribution >= 4 is 5.97 Å². The van der Waals surface area contributed by atoms with Gasteiger partial charge in [0.2, 0.25) is 0 Å². The number of carboxylic acids is 1. The monoisotopic (exact) mass is 422 g/mol. The molecule has 4 heteroatoms.